The zero-order valence-corrected chi connectivity index (χ0v) is 15.3. The van der Waals surface area contributed by atoms with Gasteiger partial charge < -0.3 is 18.6 Å². The maximum atomic E-state index is 12.4. The Bertz CT molecular complexity index is 1000. The van der Waals surface area contributed by atoms with Crippen molar-refractivity contribution < 1.29 is 23.4 Å². The average Bonchev–Trinajstić information content (AvgIpc) is 3.32. The Kier molecular flexibility index (Phi) is 4.45. The molecule has 1 aliphatic rings. The van der Waals surface area contributed by atoms with Crippen LogP contribution >= 0.6 is 11.6 Å². The third-order valence-corrected chi connectivity index (χ3v) is 4.31. The van der Waals surface area contributed by atoms with Gasteiger partial charge in [-0.25, -0.2) is 4.79 Å². The van der Waals surface area contributed by atoms with Gasteiger partial charge in [-0.15, -0.1) is 10.2 Å². The number of hydrogen-bond acceptors (Lipinski definition) is 7. The number of benzene rings is 2. The summed E-state index contributed by atoms with van der Waals surface area (Å²) in [6, 6.07) is 10.7. The number of esters is 1. The van der Waals surface area contributed by atoms with E-state index < -0.39 is 12.1 Å². The fraction of sp³-hybridized carbons (Fsp3) is 0.211. The second-order valence-corrected chi connectivity index (χ2v) is 6.46. The van der Waals surface area contributed by atoms with E-state index in [9.17, 15) is 4.79 Å². The summed E-state index contributed by atoms with van der Waals surface area (Å²) in [5, 5.41) is 8.27. The molecule has 0 spiro atoms. The van der Waals surface area contributed by atoms with Crippen molar-refractivity contribution >= 4 is 17.6 Å². The van der Waals surface area contributed by atoms with Gasteiger partial charge in [0.25, 0.3) is 5.89 Å². The van der Waals surface area contributed by atoms with Crippen molar-refractivity contribution in [2.24, 2.45) is 0 Å². The molecule has 0 aliphatic carbocycles. The van der Waals surface area contributed by atoms with Gasteiger partial charge >= 0.3 is 5.97 Å². The summed E-state index contributed by atoms with van der Waals surface area (Å²) >= 11 is 6.10. The first kappa shape index (κ1) is 17.4. The number of halogens is 1. The minimum absolute atomic E-state index is 0.0632. The highest BCUT2D eigenvalue weighted by Gasteiger charge is 2.24. The summed E-state index contributed by atoms with van der Waals surface area (Å²) in [5.74, 6) is 0.796. The van der Waals surface area contributed by atoms with Gasteiger partial charge in [0.15, 0.2) is 17.6 Å². The van der Waals surface area contributed by atoms with Crippen LogP contribution in [0.25, 0.3) is 11.5 Å². The molecule has 0 unspecified atom stereocenters. The van der Waals surface area contributed by atoms with E-state index in [-0.39, 0.29) is 23.3 Å². The molecule has 0 N–H and O–H groups in total. The van der Waals surface area contributed by atoms with Crippen LogP contribution in [-0.2, 0) is 4.74 Å². The van der Waals surface area contributed by atoms with Crippen LogP contribution in [-0.4, -0.2) is 23.0 Å². The monoisotopic (exact) mass is 386 g/mol. The normalized spacial score (nSPS) is 13.4. The van der Waals surface area contributed by atoms with Crippen LogP contribution in [0.15, 0.2) is 40.8 Å². The van der Waals surface area contributed by atoms with E-state index in [1.165, 1.54) is 12.1 Å². The lowest BCUT2D eigenvalue weighted by Crippen LogP contribution is -2.09. The molecule has 1 atom stereocenters. The third-order valence-electron chi connectivity index (χ3n) is 4.03. The molecule has 2 heterocycles. The predicted molar refractivity (Wildman–Crippen MR) is 95.9 cm³/mol. The second-order valence-electron chi connectivity index (χ2n) is 6.05. The molecule has 8 heteroatoms. The van der Waals surface area contributed by atoms with E-state index in [1.807, 2.05) is 31.2 Å². The van der Waals surface area contributed by atoms with Crippen molar-refractivity contribution in [2.45, 2.75) is 20.0 Å². The number of rotatable bonds is 4. The van der Waals surface area contributed by atoms with E-state index in [1.54, 1.807) is 6.92 Å². The molecule has 0 radical (unpaired) electrons. The lowest BCUT2D eigenvalue weighted by Gasteiger charge is -2.10. The number of aryl methyl sites for hydroxylation is 1. The van der Waals surface area contributed by atoms with Crippen molar-refractivity contribution in [3.63, 3.8) is 0 Å². The molecule has 0 saturated heterocycles. The quantitative estimate of drug-likeness (QED) is 0.616. The number of nitrogens with zero attached hydrogens (tertiary/aromatic N) is 2. The molecule has 1 aliphatic heterocycles. The second kappa shape index (κ2) is 6.92. The van der Waals surface area contributed by atoms with Gasteiger partial charge in [-0.1, -0.05) is 29.3 Å². The molecule has 138 valence electrons. The number of carbonyl (C=O) groups excluding carboxylic acids is 1. The maximum Gasteiger partial charge on any atom is 0.339 e. The standard InChI is InChI=1S/C19H15ClN2O5/c1-10-3-5-12(6-4-10)18-22-21-17(27-18)11(2)26-19(23)13-7-14(20)16-15(8-13)24-9-25-16/h3-8,11H,9H2,1-2H3/t11-/m0/s1. The first-order chi connectivity index (χ1) is 13.0. The summed E-state index contributed by atoms with van der Waals surface area (Å²) in [7, 11) is 0. The average molecular weight is 387 g/mol. The van der Waals surface area contributed by atoms with Crippen LogP contribution in [0.2, 0.25) is 5.02 Å². The Morgan fingerprint density at radius 3 is 2.74 bits per heavy atom. The maximum absolute atomic E-state index is 12.4. The van der Waals surface area contributed by atoms with E-state index in [0.29, 0.717) is 17.4 Å². The fourth-order valence-electron chi connectivity index (χ4n) is 2.58. The smallest absolute Gasteiger partial charge is 0.339 e. The summed E-state index contributed by atoms with van der Waals surface area (Å²) in [6.45, 7) is 3.71. The zero-order valence-electron chi connectivity index (χ0n) is 14.6. The van der Waals surface area contributed by atoms with Crippen LogP contribution in [0.3, 0.4) is 0 Å². The van der Waals surface area contributed by atoms with Gasteiger partial charge in [0.05, 0.1) is 10.6 Å². The largest absolute Gasteiger partial charge is 0.454 e. The van der Waals surface area contributed by atoms with Gasteiger partial charge in [-0.3, -0.25) is 0 Å². The topological polar surface area (TPSA) is 83.7 Å². The highest BCUT2D eigenvalue weighted by molar-refractivity contribution is 6.32. The van der Waals surface area contributed by atoms with Crippen molar-refractivity contribution in [1.82, 2.24) is 10.2 Å². The lowest BCUT2D eigenvalue weighted by atomic mass is 10.1. The van der Waals surface area contributed by atoms with Crippen LogP contribution in [0.4, 0.5) is 0 Å². The van der Waals surface area contributed by atoms with Crippen molar-refractivity contribution in [1.29, 1.82) is 0 Å². The molecule has 0 saturated carbocycles. The molecule has 4 rings (SSSR count). The number of carbonyl (C=O) groups is 1. The summed E-state index contributed by atoms with van der Waals surface area (Å²) in [6.07, 6.45) is -0.728. The molecular formula is C19H15ClN2O5. The molecule has 0 amide bonds. The van der Waals surface area contributed by atoms with Crippen LogP contribution in [0.5, 0.6) is 11.5 Å². The number of ether oxygens (including phenoxy) is 3. The molecule has 1 aromatic heterocycles. The van der Waals surface area contributed by atoms with E-state index in [4.69, 9.17) is 30.2 Å². The first-order valence-electron chi connectivity index (χ1n) is 8.22. The lowest BCUT2D eigenvalue weighted by molar-refractivity contribution is 0.0279. The highest BCUT2D eigenvalue weighted by atomic mass is 35.5. The van der Waals surface area contributed by atoms with Gasteiger partial charge in [0.2, 0.25) is 12.7 Å². The Morgan fingerprint density at radius 1 is 1.19 bits per heavy atom. The Hall–Kier alpha value is -3.06. The SMILES string of the molecule is Cc1ccc(-c2nnc([C@H](C)OC(=O)c3cc(Cl)c4c(c3)OCO4)o2)cc1. The predicted octanol–water partition coefficient (Wildman–Crippen LogP) is 4.35. The van der Waals surface area contributed by atoms with E-state index >= 15 is 0 Å². The molecule has 0 fully saturated rings. The Labute approximate surface area is 159 Å². The van der Waals surface area contributed by atoms with E-state index in [2.05, 4.69) is 10.2 Å². The van der Waals surface area contributed by atoms with Gasteiger partial charge in [-0.2, -0.15) is 0 Å². The van der Waals surface area contributed by atoms with Crippen LogP contribution in [0.1, 0.15) is 34.8 Å². The highest BCUT2D eigenvalue weighted by Crippen LogP contribution is 2.40. The van der Waals surface area contributed by atoms with Crippen molar-refractivity contribution in [2.75, 3.05) is 6.79 Å². The molecule has 0 bridgehead atoms. The van der Waals surface area contributed by atoms with E-state index in [0.717, 1.165) is 11.1 Å². The number of hydrogen-bond donors (Lipinski definition) is 0. The summed E-state index contributed by atoms with van der Waals surface area (Å²) in [4.78, 5) is 12.4. The minimum atomic E-state index is -0.728. The summed E-state index contributed by atoms with van der Waals surface area (Å²) < 4.78 is 21.5. The molecular weight excluding hydrogens is 372 g/mol. The molecule has 7 nitrogen and oxygen atoms in total. The van der Waals surface area contributed by atoms with Gasteiger partial charge in [0.1, 0.15) is 0 Å². The van der Waals surface area contributed by atoms with Gasteiger partial charge in [0, 0.05) is 5.56 Å². The zero-order chi connectivity index (χ0) is 19.0. The summed E-state index contributed by atoms with van der Waals surface area (Å²) in [5.41, 5.74) is 2.16. The van der Waals surface area contributed by atoms with Crippen molar-refractivity contribution in [3.05, 3.63) is 58.4 Å². The number of aromatic nitrogens is 2. The Balaban J connectivity index is 1.49. The van der Waals surface area contributed by atoms with Crippen LogP contribution < -0.4 is 9.47 Å². The molecule has 3 aromatic rings. The van der Waals surface area contributed by atoms with Crippen LogP contribution in [0, 0.1) is 6.92 Å². The number of fused-ring (bicyclic) bond motifs is 1. The molecule has 2 aromatic carbocycles. The third kappa shape index (κ3) is 3.46. The minimum Gasteiger partial charge on any atom is -0.454 e. The Morgan fingerprint density at radius 2 is 1.96 bits per heavy atom. The fourth-order valence-corrected chi connectivity index (χ4v) is 2.84. The first-order valence-corrected chi connectivity index (χ1v) is 8.59. The van der Waals surface area contributed by atoms with Crippen molar-refractivity contribution in [3.8, 4) is 23.0 Å². The molecule has 27 heavy (non-hydrogen) atoms. The van der Waals surface area contributed by atoms with Gasteiger partial charge in [-0.05, 0) is 38.1 Å².